The summed E-state index contributed by atoms with van der Waals surface area (Å²) in [6.45, 7) is 1.92. The van der Waals surface area contributed by atoms with E-state index in [1.54, 1.807) is 6.20 Å². The lowest BCUT2D eigenvalue weighted by Crippen LogP contribution is -2.06. The van der Waals surface area contributed by atoms with Gasteiger partial charge in [0.2, 0.25) is 0 Å². The number of thiazole rings is 1. The van der Waals surface area contributed by atoms with E-state index in [4.69, 9.17) is 5.73 Å². The number of amides is 1. The van der Waals surface area contributed by atoms with E-state index in [9.17, 15) is 4.79 Å². The smallest absolute Gasteiger partial charge is 0.293 e. The molecule has 4 heteroatoms. The van der Waals surface area contributed by atoms with Gasteiger partial charge in [-0.25, -0.2) is 4.98 Å². The van der Waals surface area contributed by atoms with E-state index < -0.39 is 5.91 Å². The molecule has 0 atom stereocenters. The van der Waals surface area contributed by atoms with Crippen molar-refractivity contribution in [2.75, 3.05) is 0 Å². The molecule has 1 rings (SSSR count). The Hall–Kier alpha value is -1.34. The van der Waals surface area contributed by atoms with Gasteiger partial charge in [0, 0.05) is 17.0 Å². The fraction of sp³-hybridized carbons (Fsp3) is 0.143. The molecule has 0 aliphatic heterocycles. The number of hydrogen-bond donors (Lipinski definition) is 1. The summed E-state index contributed by atoms with van der Waals surface area (Å²) in [5, 5.41) is 0.626. The monoisotopic (exact) mass is 166 g/mol. The van der Waals surface area contributed by atoms with E-state index >= 15 is 0 Å². The molecule has 0 aliphatic carbocycles. The molecule has 2 N–H and O–H groups in total. The van der Waals surface area contributed by atoms with Gasteiger partial charge in [0.05, 0.1) is 0 Å². The van der Waals surface area contributed by atoms with Crippen molar-refractivity contribution in [2.45, 2.75) is 6.92 Å². The lowest BCUT2D eigenvalue weighted by atomic mass is 10.5. The number of primary amides is 1. The van der Waals surface area contributed by atoms with Crippen molar-refractivity contribution in [3.8, 4) is 11.8 Å². The highest BCUT2D eigenvalue weighted by Gasteiger charge is 1.92. The van der Waals surface area contributed by atoms with Gasteiger partial charge in [-0.05, 0) is 12.8 Å². The minimum Gasteiger partial charge on any atom is -0.359 e. The molecule has 1 heterocycles. The van der Waals surface area contributed by atoms with Crippen LogP contribution < -0.4 is 5.73 Å². The molecular formula is C7H6N2OS. The molecule has 1 aromatic rings. The van der Waals surface area contributed by atoms with Gasteiger partial charge >= 0.3 is 0 Å². The molecule has 1 amide bonds. The molecule has 1 aromatic heterocycles. The summed E-state index contributed by atoms with van der Waals surface area (Å²) in [5.74, 6) is 4.13. The van der Waals surface area contributed by atoms with Crippen molar-refractivity contribution in [2.24, 2.45) is 5.73 Å². The maximum absolute atomic E-state index is 10.2. The second kappa shape index (κ2) is 3.17. The second-order valence-corrected chi connectivity index (χ2v) is 3.13. The van der Waals surface area contributed by atoms with Crippen LogP contribution in [0.5, 0.6) is 0 Å². The van der Waals surface area contributed by atoms with Crippen molar-refractivity contribution in [1.82, 2.24) is 4.98 Å². The molecule has 0 aromatic carbocycles. The van der Waals surface area contributed by atoms with Crippen LogP contribution in [0.25, 0.3) is 0 Å². The van der Waals surface area contributed by atoms with E-state index in [0.717, 1.165) is 4.88 Å². The molecule has 0 bridgehead atoms. The van der Waals surface area contributed by atoms with Crippen LogP contribution in [0.1, 0.15) is 9.88 Å². The molecule has 3 nitrogen and oxygen atoms in total. The minimum absolute atomic E-state index is 0.626. The molecular weight excluding hydrogens is 160 g/mol. The summed E-state index contributed by atoms with van der Waals surface area (Å²) in [6, 6.07) is 0. The zero-order chi connectivity index (χ0) is 8.27. The first-order valence-electron chi connectivity index (χ1n) is 2.92. The minimum atomic E-state index is -0.627. The fourth-order valence-electron chi connectivity index (χ4n) is 0.528. The highest BCUT2D eigenvalue weighted by Crippen LogP contribution is 2.08. The zero-order valence-corrected chi connectivity index (χ0v) is 6.73. The fourth-order valence-corrected chi connectivity index (χ4v) is 1.15. The van der Waals surface area contributed by atoms with E-state index in [0.29, 0.717) is 5.01 Å². The molecule has 0 spiro atoms. The normalized spacial score (nSPS) is 8.45. The topological polar surface area (TPSA) is 56.0 Å². The van der Waals surface area contributed by atoms with Crippen molar-refractivity contribution < 1.29 is 4.79 Å². The molecule has 0 saturated heterocycles. The number of carbonyl (C=O) groups excluding carboxylic acids is 1. The first kappa shape index (κ1) is 7.76. The quantitative estimate of drug-likeness (QED) is 0.563. The Balaban J connectivity index is 2.82. The van der Waals surface area contributed by atoms with Crippen LogP contribution in [0, 0.1) is 18.8 Å². The number of aromatic nitrogens is 1. The first-order chi connectivity index (χ1) is 5.18. The molecule has 56 valence electrons. The molecule has 0 aliphatic rings. The lowest BCUT2D eigenvalue weighted by Gasteiger charge is -1.73. The van der Waals surface area contributed by atoms with Gasteiger partial charge in [0.1, 0.15) is 0 Å². The first-order valence-corrected chi connectivity index (χ1v) is 3.74. The van der Waals surface area contributed by atoms with Crippen LogP contribution in [0.2, 0.25) is 0 Å². The van der Waals surface area contributed by atoms with Crippen LogP contribution in [-0.2, 0) is 4.79 Å². The Morgan fingerprint density at radius 1 is 1.82 bits per heavy atom. The SMILES string of the molecule is Cc1cnc(C#CC(N)=O)s1. The summed E-state index contributed by atoms with van der Waals surface area (Å²) in [4.78, 5) is 15.2. The van der Waals surface area contributed by atoms with Gasteiger partial charge in [-0.1, -0.05) is 0 Å². The Morgan fingerprint density at radius 3 is 3.00 bits per heavy atom. The highest BCUT2D eigenvalue weighted by molar-refractivity contribution is 7.12. The van der Waals surface area contributed by atoms with Gasteiger partial charge in [-0.15, -0.1) is 11.3 Å². The van der Waals surface area contributed by atoms with E-state index in [1.807, 2.05) is 6.92 Å². The van der Waals surface area contributed by atoms with Crippen molar-refractivity contribution >= 4 is 17.2 Å². The van der Waals surface area contributed by atoms with E-state index in [2.05, 4.69) is 16.8 Å². The van der Waals surface area contributed by atoms with Gasteiger partial charge in [-0.3, -0.25) is 4.79 Å². The summed E-state index contributed by atoms with van der Waals surface area (Å²) in [7, 11) is 0. The van der Waals surface area contributed by atoms with Gasteiger partial charge in [0.25, 0.3) is 5.91 Å². The largest absolute Gasteiger partial charge is 0.359 e. The van der Waals surface area contributed by atoms with Crippen LogP contribution in [0.15, 0.2) is 6.20 Å². The predicted octanol–water partition coefficient (Wildman–Crippen LogP) is 0.288. The van der Waals surface area contributed by atoms with Crippen LogP contribution in [-0.4, -0.2) is 10.9 Å². The number of nitrogens with two attached hydrogens (primary N) is 1. The highest BCUT2D eigenvalue weighted by atomic mass is 32.1. The molecule has 0 fully saturated rings. The summed E-state index contributed by atoms with van der Waals surface area (Å²) < 4.78 is 0. The average molecular weight is 166 g/mol. The standard InChI is InChI=1S/C7H6N2OS/c1-5-4-9-7(11-5)3-2-6(8)10/h4H,1H3,(H2,8,10). The van der Waals surface area contributed by atoms with E-state index in [1.165, 1.54) is 11.3 Å². The maximum Gasteiger partial charge on any atom is 0.293 e. The summed E-state index contributed by atoms with van der Waals surface area (Å²) in [6.07, 6.45) is 1.70. The predicted molar refractivity (Wildman–Crippen MR) is 42.9 cm³/mol. The lowest BCUT2D eigenvalue weighted by molar-refractivity contribution is -0.112. The van der Waals surface area contributed by atoms with Gasteiger partial charge in [-0.2, -0.15) is 0 Å². The van der Waals surface area contributed by atoms with E-state index in [-0.39, 0.29) is 0 Å². The number of rotatable bonds is 0. The summed E-state index contributed by atoms with van der Waals surface area (Å²) in [5.41, 5.74) is 4.81. The van der Waals surface area contributed by atoms with Gasteiger partial charge < -0.3 is 5.73 Å². The molecule has 11 heavy (non-hydrogen) atoms. The molecule has 0 radical (unpaired) electrons. The Morgan fingerprint density at radius 2 is 2.55 bits per heavy atom. The Labute approximate surface area is 68.3 Å². The van der Waals surface area contributed by atoms with Crippen LogP contribution in [0.4, 0.5) is 0 Å². The number of nitrogens with zero attached hydrogens (tertiary/aromatic N) is 1. The van der Waals surface area contributed by atoms with Crippen LogP contribution >= 0.6 is 11.3 Å². The number of hydrogen-bond acceptors (Lipinski definition) is 3. The number of carbonyl (C=O) groups is 1. The average Bonchev–Trinajstić information content (AvgIpc) is 2.31. The molecule has 0 saturated carbocycles. The maximum atomic E-state index is 10.2. The Kier molecular flexibility index (Phi) is 2.24. The molecule has 0 unspecified atom stereocenters. The third-order valence-corrected chi connectivity index (χ3v) is 1.74. The third-order valence-electron chi connectivity index (χ3n) is 0.914. The van der Waals surface area contributed by atoms with Crippen molar-refractivity contribution in [3.05, 3.63) is 16.1 Å². The second-order valence-electron chi connectivity index (χ2n) is 1.89. The van der Waals surface area contributed by atoms with Crippen LogP contribution in [0.3, 0.4) is 0 Å². The third kappa shape index (κ3) is 2.40. The Bertz CT molecular complexity index is 332. The zero-order valence-electron chi connectivity index (χ0n) is 5.92. The van der Waals surface area contributed by atoms with Gasteiger partial charge in [0.15, 0.2) is 5.01 Å². The van der Waals surface area contributed by atoms with Crippen molar-refractivity contribution in [3.63, 3.8) is 0 Å². The number of aryl methyl sites for hydroxylation is 1. The summed E-state index contributed by atoms with van der Waals surface area (Å²) >= 11 is 1.44. The van der Waals surface area contributed by atoms with Crippen molar-refractivity contribution in [1.29, 1.82) is 0 Å².